The van der Waals surface area contributed by atoms with Crippen LogP contribution in [0.25, 0.3) is 22.8 Å². The van der Waals surface area contributed by atoms with Crippen LogP contribution in [0, 0.1) is 39.6 Å². The number of pyridine rings is 6. The molecule has 12 heterocycles. The van der Waals surface area contributed by atoms with Gasteiger partial charge < -0.3 is 41.0 Å². The molecule has 0 bridgehead atoms. The Morgan fingerprint density at radius 3 is 1.18 bits per heavy atom. The van der Waals surface area contributed by atoms with Crippen LogP contribution in [-0.4, -0.2) is 171 Å². The highest BCUT2D eigenvalue weighted by atomic mass is 35.5. The smallest absolute Gasteiger partial charge is 0.241 e. The summed E-state index contributed by atoms with van der Waals surface area (Å²) in [5.74, 6) is 1.36. The molecule has 4 aliphatic heterocycles. The molecule has 0 radical (unpaired) electrons. The maximum Gasteiger partial charge on any atom is 0.241 e. The molecule has 0 saturated heterocycles. The standard InChI is InChI=1S/C21H23N5OS.C20H23N5OS.C17H15FN4OS.C17H16N4OS.C16H13ClN4OS.C16H13FN4OS/c1-2-26-18(16-10-14-22-15-11-16)24-25-20(26)28-21(12-6-7-13-21)19(27)23-17-8-4-3-5-9-17;1-5-25-19(17-11-13(2)21-15(4)14(17)3)23-24-20(25)27-12-18(26)22-16-9-7-6-8-10-16;1-11(17(23)20-13-5-3-2-4-6-13)24-16-10-14(21-22-16)12-7-8-19-15(18)9-12;1-12-9-13(7-8-18-12)15-10-17(21-20-15)23-11-16(22)19-14-5-3-2-4-6-14;2*17-14-8-11(6-7-18-14)13-9-16(21-20-13)23-10-15(22)19-12-4-2-1-3-5-12/h3-5,8-11,14-15H,2,6-7,12-13H2,1H3,(H,23,27);6-11H,5,12H2,1-4H3,(H,22,26);2-9,11H,10H2,1H3,(H,20,23);2-9H,10-11H2,1H3,(H,19,22);2*1-8H,9-10H2,(H,19,22). The summed E-state index contributed by atoms with van der Waals surface area (Å²) >= 11 is 14.3. The molecule has 1 atom stereocenters. The van der Waals surface area contributed by atoms with E-state index in [1.807, 2.05) is 258 Å². The number of amides is 6. The fourth-order valence-electron chi connectivity index (χ4n) is 14.8. The van der Waals surface area contributed by atoms with Crippen molar-refractivity contribution >= 4 is 195 Å². The largest absolute Gasteiger partial charge is 0.325 e. The summed E-state index contributed by atoms with van der Waals surface area (Å²) in [7, 11) is 0. The van der Waals surface area contributed by atoms with Crippen LogP contribution in [0.3, 0.4) is 0 Å². The number of thioether (sulfide) groups is 6. The van der Waals surface area contributed by atoms with Gasteiger partial charge >= 0.3 is 0 Å². The number of nitrogens with zero attached hydrogens (tertiary/aromatic N) is 20. The molecule has 1 fully saturated rings. The number of aromatic nitrogens is 12. The Kier molecular flexibility index (Phi) is 40.7. The number of benzene rings is 6. The highest BCUT2D eigenvalue weighted by Crippen LogP contribution is 2.47. The van der Waals surface area contributed by atoms with Crippen LogP contribution in [0.5, 0.6) is 0 Å². The molecule has 6 aromatic carbocycles. The van der Waals surface area contributed by atoms with Crippen molar-refractivity contribution in [2.24, 2.45) is 40.8 Å². The lowest BCUT2D eigenvalue weighted by atomic mass is 10.1. The number of nitrogens with one attached hydrogen (secondary N) is 6. The summed E-state index contributed by atoms with van der Waals surface area (Å²) in [6.45, 7) is 15.4. The maximum atomic E-state index is 13.2. The van der Waals surface area contributed by atoms with Gasteiger partial charge in [0.05, 0.1) is 51.1 Å². The molecule has 6 N–H and O–H groups in total. The molecule has 148 heavy (non-hydrogen) atoms. The third-order valence-corrected chi connectivity index (χ3v) is 28.8. The van der Waals surface area contributed by atoms with Crippen LogP contribution >= 0.6 is 82.2 Å². The van der Waals surface area contributed by atoms with Crippen molar-refractivity contribution in [2.45, 2.75) is 133 Å². The minimum Gasteiger partial charge on any atom is -0.325 e. The van der Waals surface area contributed by atoms with E-state index >= 15 is 0 Å². The Balaban J connectivity index is 0.000000140. The van der Waals surface area contributed by atoms with Gasteiger partial charge in [0.2, 0.25) is 47.3 Å². The summed E-state index contributed by atoms with van der Waals surface area (Å²) in [4.78, 5) is 97.1. The number of para-hydroxylation sites is 6. The lowest BCUT2D eigenvalue weighted by Gasteiger charge is -2.26. The van der Waals surface area contributed by atoms with Crippen molar-refractivity contribution in [2.75, 3.05) is 54.9 Å². The molecule has 19 rings (SSSR count). The minimum absolute atomic E-state index is 0.0443. The summed E-state index contributed by atoms with van der Waals surface area (Å²) in [5.41, 5.74) is 17.1. The molecule has 6 amide bonds. The topological polar surface area (TPSA) is 412 Å². The zero-order valence-electron chi connectivity index (χ0n) is 81.6. The van der Waals surface area contributed by atoms with Crippen LogP contribution < -0.4 is 31.9 Å². The van der Waals surface area contributed by atoms with Gasteiger partial charge in [-0.3, -0.25) is 43.7 Å². The fraction of sp³-hybridized carbons (Fsp3) is 0.215. The number of hydrogen-bond donors (Lipinski definition) is 6. The molecular formula is C107H103ClF2N26O6S6. The first-order valence-corrected chi connectivity index (χ1v) is 53.0. The van der Waals surface area contributed by atoms with Crippen molar-refractivity contribution in [3.05, 3.63) is 348 Å². The minimum atomic E-state index is -0.549. The first-order chi connectivity index (χ1) is 71.9. The lowest BCUT2D eigenvalue weighted by Crippen LogP contribution is -2.37. The molecule has 1 saturated carbocycles. The third-order valence-electron chi connectivity index (χ3n) is 22.2. The van der Waals surface area contributed by atoms with Crippen LogP contribution in [0.15, 0.2) is 337 Å². The van der Waals surface area contributed by atoms with Gasteiger partial charge in [0, 0.05) is 173 Å². The monoisotopic (exact) mass is 2110 g/mol. The zero-order valence-corrected chi connectivity index (χ0v) is 87.2. The molecule has 32 nitrogen and oxygen atoms in total. The molecule has 0 spiro atoms. The van der Waals surface area contributed by atoms with Gasteiger partial charge in [0.15, 0.2) is 22.0 Å². The van der Waals surface area contributed by atoms with Crippen molar-refractivity contribution in [3.63, 3.8) is 0 Å². The summed E-state index contributed by atoms with van der Waals surface area (Å²) in [6, 6.07) is 75.8. The second kappa shape index (κ2) is 55.5. The first kappa shape index (κ1) is 109. The number of rotatable bonds is 28. The normalized spacial score (nSPS) is 13.6. The van der Waals surface area contributed by atoms with Gasteiger partial charge in [-0.15, -0.1) is 40.8 Å². The molecule has 14 aromatic rings. The Morgan fingerprint density at radius 1 is 0.385 bits per heavy atom. The molecule has 1 aliphatic carbocycles. The van der Waals surface area contributed by atoms with E-state index in [2.05, 4.69) is 141 Å². The average molecular weight is 2120 g/mol. The van der Waals surface area contributed by atoms with Crippen LogP contribution in [-0.2, 0) is 41.9 Å². The quantitative estimate of drug-likeness (QED) is 0.0196. The maximum absolute atomic E-state index is 13.2. The van der Waals surface area contributed by atoms with Gasteiger partial charge in [-0.1, -0.05) is 204 Å². The number of carbonyl (C=O) groups excluding carboxylic acids is 6. The van der Waals surface area contributed by atoms with Crippen LogP contribution in [0.4, 0.5) is 42.9 Å². The van der Waals surface area contributed by atoms with E-state index in [9.17, 15) is 37.5 Å². The van der Waals surface area contributed by atoms with Gasteiger partial charge in [-0.2, -0.15) is 29.2 Å². The third kappa shape index (κ3) is 33.0. The van der Waals surface area contributed by atoms with E-state index in [1.54, 1.807) is 54.7 Å². The van der Waals surface area contributed by atoms with Crippen LogP contribution in [0.1, 0.15) is 117 Å². The Hall–Kier alpha value is -15.1. The lowest BCUT2D eigenvalue weighted by molar-refractivity contribution is -0.118. The predicted octanol–water partition coefficient (Wildman–Crippen LogP) is 21.9. The number of anilines is 6. The number of hydrogen-bond acceptors (Lipinski definition) is 30. The van der Waals surface area contributed by atoms with Gasteiger partial charge in [0.1, 0.15) is 30.1 Å². The van der Waals surface area contributed by atoms with E-state index in [1.165, 1.54) is 83.3 Å². The van der Waals surface area contributed by atoms with E-state index in [0.717, 1.165) is 171 Å². The van der Waals surface area contributed by atoms with E-state index < -0.39 is 16.6 Å². The fourth-order valence-corrected chi connectivity index (χ4v) is 20.2. The second-order valence-electron chi connectivity index (χ2n) is 33.1. The van der Waals surface area contributed by atoms with Crippen molar-refractivity contribution < 1.29 is 37.5 Å². The van der Waals surface area contributed by atoms with Crippen molar-refractivity contribution in [1.29, 1.82) is 0 Å². The predicted molar refractivity (Wildman–Crippen MR) is 596 cm³/mol. The highest BCUT2D eigenvalue weighted by Gasteiger charge is 2.44. The van der Waals surface area contributed by atoms with Gasteiger partial charge in [0.25, 0.3) is 0 Å². The molecule has 5 aliphatic rings. The molecule has 754 valence electrons. The van der Waals surface area contributed by atoms with E-state index in [0.29, 0.717) is 64.9 Å². The van der Waals surface area contributed by atoms with Crippen LogP contribution in [0.2, 0.25) is 5.15 Å². The Labute approximate surface area is 884 Å². The molecule has 1 unspecified atom stereocenters. The van der Waals surface area contributed by atoms with Gasteiger partial charge in [-0.25, -0.2) is 15.0 Å². The Morgan fingerprint density at radius 2 is 0.750 bits per heavy atom. The van der Waals surface area contributed by atoms with Gasteiger partial charge in [-0.05, 0) is 194 Å². The number of halogens is 3. The average Bonchev–Trinajstić information content (AvgIpc) is 1.63. The summed E-state index contributed by atoms with van der Waals surface area (Å²) < 4.78 is 29.9. The van der Waals surface area contributed by atoms with Crippen molar-refractivity contribution in [1.82, 2.24) is 59.4 Å². The highest BCUT2D eigenvalue weighted by molar-refractivity contribution is 8.15. The van der Waals surface area contributed by atoms with E-state index in [-0.39, 0.29) is 52.2 Å². The molecule has 41 heteroatoms. The number of carbonyl (C=O) groups is 6. The van der Waals surface area contributed by atoms with Crippen molar-refractivity contribution in [3.8, 4) is 22.8 Å². The van der Waals surface area contributed by atoms with E-state index in [4.69, 9.17) is 11.6 Å². The Bertz CT molecular complexity index is 6900. The summed E-state index contributed by atoms with van der Waals surface area (Å²) in [5, 5.41) is 72.6. The number of aryl methyl sites for hydroxylation is 3. The zero-order chi connectivity index (χ0) is 104. The SMILES string of the molecule is CC(SC1=NN=C(c2ccnc(F)c2)C1)C(=O)Nc1ccccc1.CCn1c(SC2(C(=O)Nc3ccccc3)CCCC2)nnc1-c1ccncc1.CCn1c(SCC(=O)Nc2ccccc2)nnc1-c1cc(C)nc(C)c1C.Cc1cc(C2=NN=C(SCC(=O)Nc3ccccc3)C2)ccn1.O=C(CSC1=NN=C(c2ccnc(Cl)c2)C1)Nc1ccccc1.O=C(CSC1=NN=C(c2ccnc(F)c2)C1)Nc1ccccc1. The molecule has 8 aromatic heterocycles. The first-order valence-electron chi connectivity index (χ1n) is 47.0. The molecular weight excluding hydrogens is 2010 g/mol. The summed E-state index contributed by atoms with van der Waals surface area (Å²) in [6.07, 6.45) is 15.7. The second-order valence-corrected chi connectivity index (χ2v) is 40.3.